The van der Waals surface area contributed by atoms with E-state index in [9.17, 15) is 0 Å². The van der Waals surface area contributed by atoms with Crippen LogP contribution in [0.3, 0.4) is 0 Å². The summed E-state index contributed by atoms with van der Waals surface area (Å²) in [6.07, 6.45) is 0. The summed E-state index contributed by atoms with van der Waals surface area (Å²) in [4.78, 5) is 2.39. The maximum atomic E-state index is 2.39. The Morgan fingerprint density at radius 1 is 0.277 bits per heavy atom. The van der Waals surface area contributed by atoms with Gasteiger partial charge in [-0.2, -0.15) is 0 Å². The highest BCUT2D eigenvalue weighted by molar-refractivity contribution is 6.14. The van der Waals surface area contributed by atoms with E-state index in [0.717, 1.165) is 11.4 Å². The molecule has 0 amide bonds. The van der Waals surface area contributed by atoms with Gasteiger partial charge in [0.1, 0.15) is 0 Å². The topological polar surface area (TPSA) is 3.24 Å². The zero-order valence-corrected chi connectivity index (χ0v) is 25.8. The fourth-order valence-corrected chi connectivity index (χ4v) is 7.09. The third kappa shape index (κ3) is 4.81. The zero-order chi connectivity index (χ0) is 31.2. The van der Waals surface area contributed by atoms with Crippen LogP contribution in [0.5, 0.6) is 0 Å². The average Bonchev–Trinajstić information content (AvgIpc) is 3.15. The van der Waals surface area contributed by atoms with Gasteiger partial charge in [-0.15, -0.1) is 0 Å². The molecule has 47 heavy (non-hydrogen) atoms. The van der Waals surface area contributed by atoms with E-state index in [1.165, 1.54) is 71.0 Å². The molecular formula is C46H31N. The fraction of sp³-hybridized carbons (Fsp3) is 0. The Hall–Kier alpha value is -6.18. The number of hydrogen-bond acceptors (Lipinski definition) is 1. The second kappa shape index (κ2) is 11.3. The van der Waals surface area contributed by atoms with Crippen LogP contribution in [0, 0.1) is 0 Å². The lowest BCUT2D eigenvalue weighted by Gasteiger charge is -2.28. The maximum absolute atomic E-state index is 2.39. The molecule has 0 atom stereocenters. The molecule has 0 saturated carbocycles. The molecule has 0 radical (unpaired) electrons. The summed E-state index contributed by atoms with van der Waals surface area (Å²) in [5, 5.41) is 9.98. The minimum absolute atomic E-state index is 1.12. The van der Waals surface area contributed by atoms with Gasteiger partial charge in [-0.1, -0.05) is 140 Å². The molecule has 0 aliphatic carbocycles. The third-order valence-corrected chi connectivity index (χ3v) is 9.38. The number of nitrogens with zero attached hydrogens (tertiary/aromatic N) is 1. The van der Waals surface area contributed by atoms with Crippen LogP contribution >= 0.6 is 0 Å². The van der Waals surface area contributed by atoms with Crippen LogP contribution in [0.25, 0.3) is 65.3 Å². The molecule has 1 nitrogen and oxygen atoms in total. The van der Waals surface area contributed by atoms with E-state index in [1.807, 2.05) is 0 Å². The lowest BCUT2D eigenvalue weighted by Crippen LogP contribution is -2.10. The predicted octanol–water partition coefficient (Wildman–Crippen LogP) is 13.1. The summed E-state index contributed by atoms with van der Waals surface area (Å²) >= 11 is 0. The number of para-hydroxylation sites is 1. The second-order valence-corrected chi connectivity index (χ2v) is 12.2. The normalized spacial score (nSPS) is 11.4. The minimum atomic E-state index is 1.12. The van der Waals surface area contributed by atoms with Crippen molar-refractivity contribution in [3.05, 3.63) is 188 Å². The molecule has 1 heteroatoms. The SMILES string of the molecule is c1ccc(N(c2ccc(-c3cc4ccccc4cc3-c3ccc4ccccc4c3)cc2)c2cc3ccccc3c3ccccc23)cc1. The first-order chi connectivity index (χ1) is 23.3. The summed E-state index contributed by atoms with van der Waals surface area (Å²) < 4.78 is 0. The monoisotopic (exact) mass is 597 g/mol. The van der Waals surface area contributed by atoms with E-state index in [1.54, 1.807) is 0 Å². The number of hydrogen-bond donors (Lipinski definition) is 0. The van der Waals surface area contributed by atoms with Crippen molar-refractivity contribution in [1.29, 1.82) is 0 Å². The molecule has 0 aliphatic heterocycles. The molecular weight excluding hydrogens is 567 g/mol. The quantitative estimate of drug-likeness (QED) is 0.178. The highest BCUT2D eigenvalue weighted by atomic mass is 15.1. The Morgan fingerprint density at radius 3 is 1.47 bits per heavy atom. The summed E-state index contributed by atoms with van der Waals surface area (Å²) in [5.74, 6) is 0. The lowest BCUT2D eigenvalue weighted by molar-refractivity contribution is 1.30. The Kier molecular flexibility index (Phi) is 6.54. The van der Waals surface area contributed by atoms with Crippen LogP contribution in [0.2, 0.25) is 0 Å². The Bertz CT molecular complexity index is 2560. The lowest BCUT2D eigenvalue weighted by atomic mass is 9.90. The van der Waals surface area contributed by atoms with E-state index in [0.29, 0.717) is 0 Å². The van der Waals surface area contributed by atoms with Crippen molar-refractivity contribution in [3.8, 4) is 22.3 Å². The molecule has 0 bridgehead atoms. The average molecular weight is 598 g/mol. The highest BCUT2D eigenvalue weighted by Crippen LogP contribution is 2.43. The minimum Gasteiger partial charge on any atom is -0.310 e. The molecule has 0 saturated heterocycles. The van der Waals surface area contributed by atoms with Crippen molar-refractivity contribution in [1.82, 2.24) is 0 Å². The molecule has 9 aromatic rings. The molecule has 0 aliphatic rings. The third-order valence-electron chi connectivity index (χ3n) is 9.38. The van der Waals surface area contributed by atoms with E-state index in [4.69, 9.17) is 0 Å². The largest absolute Gasteiger partial charge is 0.310 e. The van der Waals surface area contributed by atoms with Gasteiger partial charge in [0.25, 0.3) is 0 Å². The fourth-order valence-electron chi connectivity index (χ4n) is 7.09. The molecule has 0 aromatic heterocycles. The van der Waals surface area contributed by atoms with Crippen LogP contribution in [0.1, 0.15) is 0 Å². The Morgan fingerprint density at radius 2 is 0.766 bits per heavy atom. The van der Waals surface area contributed by atoms with Crippen LogP contribution in [0.15, 0.2) is 188 Å². The van der Waals surface area contributed by atoms with Crippen molar-refractivity contribution in [2.45, 2.75) is 0 Å². The predicted molar refractivity (Wildman–Crippen MR) is 202 cm³/mol. The first-order valence-electron chi connectivity index (χ1n) is 16.2. The number of rotatable bonds is 5. The first-order valence-corrected chi connectivity index (χ1v) is 16.2. The molecule has 0 heterocycles. The molecule has 0 spiro atoms. The number of benzene rings is 9. The van der Waals surface area contributed by atoms with Crippen molar-refractivity contribution in [2.75, 3.05) is 4.90 Å². The van der Waals surface area contributed by atoms with Gasteiger partial charge in [0.15, 0.2) is 0 Å². The summed E-state index contributed by atoms with van der Waals surface area (Å²) in [5.41, 5.74) is 8.30. The van der Waals surface area contributed by atoms with Gasteiger partial charge < -0.3 is 4.90 Å². The van der Waals surface area contributed by atoms with Gasteiger partial charge in [-0.05, 0) is 108 Å². The summed E-state index contributed by atoms with van der Waals surface area (Å²) in [7, 11) is 0. The highest BCUT2D eigenvalue weighted by Gasteiger charge is 2.18. The molecule has 0 N–H and O–H groups in total. The van der Waals surface area contributed by atoms with E-state index < -0.39 is 0 Å². The van der Waals surface area contributed by atoms with Gasteiger partial charge >= 0.3 is 0 Å². The van der Waals surface area contributed by atoms with Gasteiger partial charge in [0, 0.05) is 16.8 Å². The van der Waals surface area contributed by atoms with Crippen molar-refractivity contribution < 1.29 is 0 Å². The molecule has 9 rings (SSSR count). The summed E-state index contributed by atoms with van der Waals surface area (Å²) in [6, 6.07) is 68.3. The molecule has 0 unspecified atom stereocenters. The second-order valence-electron chi connectivity index (χ2n) is 12.2. The van der Waals surface area contributed by atoms with Crippen molar-refractivity contribution in [3.63, 3.8) is 0 Å². The smallest absolute Gasteiger partial charge is 0.0546 e. The molecule has 9 aromatic carbocycles. The van der Waals surface area contributed by atoms with Gasteiger partial charge in [0.05, 0.1) is 5.69 Å². The summed E-state index contributed by atoms with van der Waals surface area (Å²) in [6.45, 7) is 0. The van der Waals surface area contributed by atoms with Gasteiger partial charge in [-0.25, -0.2) is 0 Å². The maximum Gasteiger partial charge on any atom is 0.0546 e. The standard InChI is InChI=1S/C46H31N/c1-2-17-39(18-3-1)47(46-31-37-16-8-9-19-41(37)42-20-10-11-21-43(42)46)40-26-24-33(25-27-40)44-29-35-14-6-7-15-36(35)30-45(44)38-23-22-32-12-4-5-13-34(32)28-38/h1-31H. The Balaban J connectivity index is 1.22. The van der Waals surface area contributed by atoms with E-state index in [-0.39, 0.29) is 0 Å². The van der Waals surface area contributed by atoms with Gasteiger partial charge in [0.2, 0.25) is 0 Å². The van der Waals surface area contributed by atoms with Crippen LogP contribution in [-0.2, 0) is 0 Å². The van der Waals surface area contributed by atoms with Gasteiger partial charge in [-0.3, -0.25) is 0 Å². The first kappa shape index (κ1) is 27.2. The van der Waals surface area contributed by atoms with Crippen LogP contribution in [0.4, 0.5) is 17.1 Å². The number of anilines is 3. The van der Waals surface area contributed by atoms with E-state index >= 15 is 0 Å². The zero-order valence-electron chi connectivity index (χ0n) is 25.8. The molecule has 220 valence electrons. The van der Waals surface area contributed by atoms with Crippen molar-refractivity contribution in [2.24, 2.45) is 0 Å². The Labute approximate surface area is 274 Å². The van der Waals surface area contributed by atoms with Crippen LogP contribution < -0.4 is 4.90 Å². The van der Waals surface area contributed by atoms with E-state index in [2.05, 4.69) is 193 Å². The van der Waals surface area contributed by atoms with Crippen LogP contribution in [-0.4, -0.2) is 0 Å². The molecule has 0 fully saturated rings. The van der Waals surface area contributed by atoms with Crippen molar-refractivity contribution >= 4 is 60.2 Å². The number of fused-ring (bicyclic) bond motifs is 5.